The number of fused-ring (bicyclic) bond motifs is 10. The molecule has 0 aromatic heterocycles. The van der Waals surface area contributed by atoms with Crippen molar-refractivity contribution in [1.82, 2.24) is 0 Å². The Labute approximate surface area is 864 Å². The number of carbonyl (C=O) groups excluding carboxylic acids is 15. The molecule has 786 valence electrons. The van der Waals surface area contributed by atoms with Gasteiger partial charge in [-0.1, -0.05) is 91.0 Å². The largest absolute Gasteiger partial charge is 0.497 e. The number of Topliss-reactive ketones (excluding diaryl/α,β-unsaturated/α-hetero) is 1. The van der Waals surface area contributed by atoms with E-state index in [0.717, 1.165) is 59.2 Å². The summed E-state index contributed by atoms with van der Waals surface area (Å²) in [6.07, 6.45) is 6.33. The molecular weight excluding hydrogens is 1940 g/mol. The summed E-state index contributed by atoms with van der Waals surface area (Å²) in [4.78, 5) is 186. The lowest BCUT2D eigenvalue weighted by molar-refractivity contribution is -0.132. The van der Waals surface area contributed by atoms with Gasteiger partial charge in [-0.25, -0.2) is 57.5 Å². The molecule has 16 rings (SSSR count). The number of hydrogen-bond acceptors (Lipinski definition) is 35. The van der Waals surface area contributed by atoms with E-state index in [2.05, 4.69) is 9.47 Å². The zero-order valence-electron chi connectivity index (χ0n) is 84.0. The number of ether oxygens (including phenoxy) is 19. The van der Waals surface area contributed by atoms with Crippen molar-refractivity contribution in [2.75, 3.05) is 109 Å². The third-order valence-corrected chi connectivity index (χ3v) is 27.4. The Morgan fingerprint density at radius 3 is 0.840 bits per heavy atom. The predicted molar refractivity (Wildman–Crippen MR) is 533 cm³/mol. The lowest BCUT2D eigenvalue weighted by Gasteiger charge is -2.31. The Kier molecular flexibility index (Phi) is 39.6. The van der Waals surface area contributed by atoms with Crippen molar-refractivity contribution < 1.29 is 167 Å². The van der Waals surface area contributed by atoms with E-state index < -0.39 is 109 Å². The lowest BCUT2D eigenvalue weighted by Crippen LogP contribution is -2.32. The van der Waals surface area contributed by atoms with Crippen molar-refractivity contribution in [3.63, 3.8) is 0 Å². The molecule has 0 saturated heterocycles. The van der Waals surface area contributed by atoms with Crippen LogP contribution in [0.4, 0.5) is 0 Å². The minimum Gasteiger partial charge on any atom is -0.497 e. The van der Waals surface area contributed by atoms with E-state index in [1.165, 1.54) is 127 Å². The summed E-state index contributed by atoms with van der Waals surface area (Å²) in [6, 6.07) is 63.5. The summed E-state index contributed by atoms with van der Waals surface area (Å²) >= 11 is 0. The van der Waals surface area contributed by atoms with Crippen molar-refractivity contribution in [2.24, 2.45) is 71.0 Å². The van der Waals surface area contributed by atoms with Crippen LogP contribution in [0.5, 0.6) is 40.2 Å². The smallest absolute Gasteiger partial charge is 0.341 e. The Hall–Kier alpha value is -16.6. The average Bonchev–Trinajstić information content (AvgIpc) is 1.59. The molecule has 6 fully saturated rings. The molecular formula is C115H116O35. The molecule has 6 saturated carbocycles. The molecule has 1 N–H and O–H groups in total. The van der Waals surface area contributed by atoms with Crippen LogP contribution in [0, 0.1) is 71.0 Å². The fourth-order valence-electron chi connectivity index (χ4n) is 20.5. The molecule has 0 radical (unpaired) electrons. The number of carbonyl (C=O) groups is 15. The first-order valence-corrected chi connectivity index (χ1v) is 48.6. The third-order valence-electron chi connectivity index (χ3n) is 27.4. The maximum atomic E-state index is 13.0. The molecule has 0 aliphatic heterocycles. The SMILES string of the molecule is CC(=O)Oc1ccccc1C(=O)OCC1C[C@@H]2C3CC(CC3COC(=O)c3ccccc3OC(C)=O)[C@@H]2C1.COC(=O)c1ccccc1C(=O)OCC(COC(=O)c1ccccc1C(=O)OC)OC(=O)c1ccccc1C(=O)CO.COc1ccc(C(=O)OCC(COC(=O)c2ccc(OC)cc2)OC(=O)c2ccc(OC)cc2)cc1.COc1ccccc1C(=O)OCC1C[C@@H]2C3CC(CC3COC(=O)c3ccccc3OC)[C@@H]2C1. The fraction of sp³-hybridized carbons (Fsp3) is 0.348. The number of ketones is 1. The predicted octanol–water partition coefficient (Wildman–Crippen LogP) is 16.5. The summed E-state index contributed by atoms with van der Waals surface area (Å²) in [7, 11) is 9.96. The minimum atomic E-state index is -1.40. The standard InChI is InChI=1S/C30H26O12.C30H32O8.C28H32O6.C27H26O9/c1-38-26(33)21-11-5-7-13-23(21)28(35)40-16-18(42-30(37)20-10-4-3-9-19(20)25(32)15-31)17-41-29(36)24-14-8-6-12-22(24)27(34)39-2;1-17(31)37-27-9-5-3-7-22(27)29(33)35-15-19-11-24-20-13-21(25(14-20)26(24)12-19)16-36-30(34)23-8-4-6-10-28(23)38-18(2)32;1-31-25-9-5-3-7-20(25)27(29)33-15-17-11-22-18-13-19(23(14-18)24(22)12-17)16-34-28(30)21-8-4-6-10-26(21)32-2;1-31-21-10-4-18(5-11-21)25(28)34-16-24(36-27(30)20-8-14-23(33-3)15-9-20)17-35-26(29)19-6-12-22(32-2)13-7-19/h3-14,18,31H,15-17H2,1-2H3;3-10,19-21,24-26H,11-16H2,1-2H3;3-10,17-19,22-24H,11-16H2,1-2H3;4-15,24H,16-17H2,1-3H3/t;19?,20?,21?,24-,25?,26-;17?,18?,19?,22-,23?,24-;/m.00./s1. The van der Waals surface area contributed by atoms with Gasteiger partial charge in [0, 0.05) is 19.4 Å². The van der Waals surface area contributed by atoms with E-state index in [1.807, 2.05) is 24.3 Å². The number of para-hydroxylation sites is 4. The van der Waals surface area contributed by atoms with Gasteiger partial charge < -0.3 is 95.1 Å². The Morgan fingerprint density at radius 2 is 0.520 bits per heavy atom. The summed E-state index contributed by atoms with van der Waals surface area (Å²) < 4.78 is 100. The van der Waals surface area contributed by atoms with Crippen molar-refractivity contribution in [3.05, 3.63) is 315 Å². The topological polar surface area (TPSA) is 452 Å². The number of aliphatic hydroxyl groups is 1. The van der Waals surface area contributed by atoms with Gasteiger partial charge in [0.25, 0.3) is 0 Å². The van der Waals surface area contributed by atoms with Crippen LogP contribution in [0.25, 0.3) is 0 Å². The molecule has 35 nitrogen and oxygen atoms in total. The molecule has 6 aliphatic carbocycles. The zero-order valence-corrected chi connectivity index (χ0v) is 84.0. The van der Waals surface area contributed by atoms with Gasteiger partial charge in [-0.3, -0.25) is 14.4 Å². The Morgan fingerprint density at radius 1 is 0.253 bits per heavy atom. The molecule has 0 spiro atoms. The van der Waals surface area contributed by atoms with E-state index in [4.69, 9.17) is 80.5 Å². The van der Waals surface area contributed by atoms with Gasteiger partial charge >= 0.3 is 83.6 Å². The molecule has 0 amide bonds. The molecule has 4 bridgehead atoms. The summed E-state index contributed by atoms with van der Waals surface area (Å²) in [5.74, 6) is -0.229. The van der Waals surface area contributed by atoms with Crippen LogP contribution < -0.4 is 33.2 Å². The quantitative estimate of drug-likeness (QED) is 0.0162. The van der Waals surface area contributed by atoms with Gasteiger partial charge in [0.15, 0.2) is 18.0 Å². The van der Waals surface area contributed by atoms with E-state index >= 15 is 0 Å². The Balaban J connectivity index is 0.000000167. The lowest BCUT2D eigenvalue weighted by atomic mass is 9.76. The molecule has 10 aromatic carbocycles. The fourth-order valence-corrected chi connectivity index (χ4v) is 20.5. The van der Waals surface area contributed by atoms with Crippen molar-refractivity contribution >= 4 is 89.4 Å². The van der Waals surface area contributed by atoms with Gasteiger partial charge in [0.1, 0.15) is 95.5 Å². The maximum absolute atomic E-state index is 13.0. The minimum absolute atomic E-state index is 0.0687. The third kappa shape index (κ3) is 28.8. The van der Waals surface area contributed by atoms with Gasteiger partial charge in [-0.2, -0.15) is 0 Å². The molecule has 35 heteroatoms. The van der Waals surface area contributed by atoms with E-state index in [-0.39, 0.29) is 104 Å². The summed E-state index contributed by atoms with van der Waals surface area (Å²) in [5.41, 5.74) is 1.57. The van der Waals surface area contributed by atoms with E-state index in [1.54, 1.807) is 148 Å². The Bertz CT molecular complexity index is 6330. The van der Waals surface area contributed by atoms with Crippen LogP contribution in [0.2, 0.25) is 0 Å². The maximum Gasteiger partial charge on any atom is 0.341 e. The highest BCUT2D eigenvalue weighted by molar-refractivity contribution is 6.08. The highest BCUT2D eigenvalue weighted by Crippen LogP contribution is 2.64. The second-order valence-electron chi connectivity index (χ2n) is 36.5. The molecule has 0 heterocycles. The highest BCUT2D eigenvalue weighted by atomic mass is 16.6. The van der Waals surface area contributed by atoms with E-state index in [9.17, 15) is 77.0 Å². The number of methoxy groups -OCH3 is 7. The average molecular weight is 2060 g/mol. The molecule has 10 aromatic rings. The number of rotatable bonds is 39. The molecule has 12 atom stereocenters. The van der Waals surface area contributed by atoms with Crippen LogP contribution in [0.15, 0.2) is 243 Å². The van der Waals surface area contributed by atoms with Crippen molar-refractivity contribution in [1.29, 1.82) is 0 Å². The first kappa shape index (κ1) is 111. The van der Waals surface area contributed by atoms with Crippen LogP contribution >= 0.6 is 0 Å². The summed E-state index contributed by atoms with van der Waals surface area (Å²) in [6.45, 7) is 1.41. The number of benzene rings is 10. The number of aliphatic hydroxyl groups excluding tert-OH is 1. The van der Waals surface area contributed by atoms with E-state index in [0.29, 0.717) is 131 Å². The van der Waals surface area contributed by atoms with Crippen LogP contribution in [0.1, 0.15) is 200 Å². The van der Waals surface area contributed by atoms with Gasteiger partial charge in [-0.05, 0) is 274 Å². The van der Waals surface area contributed by atoms with Crippen LogP contribution in [-0.4, -0.2) is 216 Å². The normalized spacial score (nSPS) is 18.7. The van der Waals surface area contributed by atoms with Gasteiger partial charge in [0.05, 0.1) is 121 Å². The van der Waals surface area contributed by atoms with Crippen molar-refractivity contribution in [2.45, 2.75) is 77.4 Å². The second kappa shape index (κ2) is 53.7. The molecule has 6 aliphatic rings. The summed E-state index contributed by atoms with van der Waals surface area (Å²) in [5, 5.41) is 9.26. The first-order valence-electron chi connectivity index (χ1n) is 48.6. The van der Waals surface area contributed by atoms with Crippen molar-refractivity contribution in [3.8, 4) is 40.2 Å². The zero-order chi connectivity index (χ0) is 107. The first-order chi connectivity index (χ1) is 72.5. The molecule has 150 heavy (non-hydrogen) atoms. The second-order valence-corrected chi connectivity index (χ2v) is 36.5. The van der Waals surface area contributed by atoms with Gasteiger partial charge in [-0.15, -0.1) is 0 Å². The van der Waals surface area contributed by atoms with Crippen LogP contribution in [0.3, 0.4) is 0 Å². The van der Waals surface area contributed by atoms with Gasteiger partial charge in [0.2, 0.25) is 0 Å². The highest BCUT2D eigenvalue weighted by Gasteiger charge is 2.58. The molecule has 8 unspecified atom stereocenters. The van der Waals surface area contributed by atoms with Crippen LogP contribution in [-0.2, 0) is 66.4 Å². The monoisotopic (exact) mass is 2060 g/mol. The number of esters is 14. The number of hydrogen-bond donors (Lipinski definition) is 1.